The predicted octanol–water partition coefficient (Wildman–Crippen LogP) is 2.22. The molecule has 1 aliphatic heterocycles. The van der Waals surface area contributed by atoms with Crippen molar-refractivity contribution in [1.82, 2.24) is 9.80 Å². The third kappa shape index (κ3) is 5.76. The SMILES string of the molecule is CCN(C(=O)CN(C)C(=O)[C@@H](N)Cc1ccccc1)C(C)Cc1ccc2c(c1)OCO2. The van der Waals surface area contributed by atoms with Crippen molar-refractivity contribution in [2.24, 2.45) is 5.73 Å². The smallest absolute Gasteiger partial charge is 0.242 e. The number of fused-ring (bicyclic) bond motifs is 1. The second kappa shape index (κ2) is 10.3. The lowest BCUT2D eigenvalue weighted by atomic mass is 10.0. The van der Waals surface area contributed by atoms with E-state index in [0.717, 1.165) is 22.6 Å². The molecule has 0 bridgehead atoms. The third-order valence-corrected chi connectivity index (χ3v) is 5.53. The Kier molecular flexibility index (Phi) is 7.52. The number of hydrogen-bond donors (Lipinski definition) is 1. The Labute approximate surface area is 183 Å². The Morgan fingerprint density at radius 3 is 2.45 bits per heavy atom. The Balaban J connectivity index is 1.55. The number of carbonyl (C=O) groups is 2. The molecule has 0 spiro atoms. The fourth-order valence-electron chi connectivity index (χ4n) is 3.86. The summed E-state index contributed by atoms with van der Waals surface area (Å²) in [6, 6.07) is 14.8. The number of rotatable bonds is 9. The lowest BCUT2D eigenvalue weighted by Gasteiger charge is -2.30. The Hall–Kier alpha value is -3.06. The van der Waals surface area contributed by atoms with Crippen molar-refractivity contribution in [3.63, 3.8) is 0 Å². The van der Waals surface area contributed by atoms with Crippen LogP contribution in [0.15, 0.2) is 48.5 Å². The van der Waals surface area contributed by atoms with Gasteiger partial charge < -0.3 is 25.0 Å². The summed E-state index contributed by atoms with van der Waals surface area (Å²) in [5, 5.41) is 0. The van der Waals surface area contributed by atoms with E-state index in [4.69, 9.17) is 15.2 Å². The van der Waals surface area contributed by atoms with E-state index < -0.39 is 6.04 Å². The molecule has 7 heteroatoms. The number of ether oxygens (including phenoxy) is 2. The van der Waals surface area contributed by atoms with Crippen molar-refractivity contribution in [3.8, 4) is 11.5 Å². The molecule has 0 saturated carbocycles. The highest BCUT2D eigenvalue weighted by Gasteiger charge is 2.25. The van der Waals surface area contributed by atoms with Crippen LogP contribution in [-0.4, -0.2) is 60.6 Å². The number of benzene rings is 2. The van der Waals surface area contributed by atoms with E-state index in [1.807, 2.05) is 62.4 Å². The van der Waals surface area contributed by atoms with Crippen molar-refractivity contribution >= 4 is 11.8 Å². The van der Waals surface area contributed by atoms with Gasteiger partial charge in [0.1, 0.15) is 0 Å². The molecule has 1 unspecified atom stereocenters. The first-order valence-corrected chi connectivity index (χ1v) is 10.6. The summed E-state index contributed by atoms with van der Waals surface area (Å²) in [5.41, 5.74) is 8.17. The number of hydrogen-bond acceptors (Lipinski definition) is 5. The first-order chi connectivity index (χ1) is 14.9. The molecular formula is C24H31N3O4. The maximum atomic E-state index is 12.9. The van der Waals surface area contributed by atoms with Gasteiger partial charge in [-0.2, -0.15) is 0 Å². The molecular weight excluding hydrogens is 394 g/mol. The molecule has 0 radical (unpaired) electrons. The van der Waals surface area contributed by atoms with E-state index in [-0.39, 0.29) is 31.2 Å². The molecule has 0 saturated heterocycles. The van der Waals surface area contributed by atoms with Crippen molar-refractivity contribution in [1.29, 1.82) is 0 Å². The van der Waals surface area contributed by atoms with E-state index >= 15 is 0 Å². The van der Waals surface area contributed by atoms with Crippen molar-refractivity contribution in [3.05, 3.63) is 59.7 Å². The first kappa shape index (κ1) is 22.6. The van der Waals surface area contributed by atoms with E-state index in [2.05, 4.69) is 0 Å². The molecule has 7 nitrogen and oxygen atoms in total. The Morgan fingerprint density at radius 2 is 1.74 bits per heavy atom. The molecule has 166 valence electrons. The van der Waals surface area contributed by atoms with Crippen LogP contribution < -0.4 is 15.2 Å². The molecule has 0 aromatic heterocycles. The molecule has 1 aliphatic rings. The summed E-state index contributed by atoms with van der Waals surface area (Å²) < 4.78 is 10.8. The van der Waals surface area contributed by atoms with Gasteiger partial charge in [-0.25, -0.2) is 0 Å². The van der Waals surface area contributed by atoms with Crippen LogP contribution in [0.25, 0.3) is 0 Å². The van der Waals surface area contributed by atoms with Gasteiger partial charge in [0.2, 0.25) is 18.6 Å². The van der Waals surface area contributed by atoms with Crippen LogP contribution >= 0.6 is 0 Å². The molecule has 2 N–H and O–H groups in total. The zero-order valence-corrected chi connectivity index (χ0v) is 18.4. The summed E-state index contributed by atoms with van der Waals surface area (Å²) >= 11 is 0. The van der Waals surface area contributed by atoms with E-state index in [0.29, 0.717) is 19.4 Å². The molecule has 0 fully saturated rings. The van der Waals surface area contributed by atoms with Crippen molar-refractivity contribution in [2.45, 2.75) is 38.8 Å². The minimum atomic E-state index is -0.679. The molecule has 0 aliphatic carbocycles. The summed E-state index contributed by atoms with van der Waals surface area (Å²) in [6.45, 7) is 4.75. The average molecular weight is 426 g/mol. The van der Waals surface area contributed by atoms with Gasteiger partial charge in [0, 0.05) is 19.6 Å². The number of amides is 2. The largest absolute Gasteiger partial charge is 0.454 e. The summed E-state index contributed by atoms with van der Waals surface area (Å²) in [6.07, 6.45) is 1.12. The van der Waals surface area contributed by atoms with Gasteiger partial charge in [0.25, 0.3) is 0 Å². The predicted molar refractivity (Wildman–Crippen MR) is 119 cm³/mol. The average Bonchev–Trinajstić information content (AvgIpc) is 3.22. The zero-order valence-electron chi connectivity index (χ0n) is 18.4. The van der Waals surface area contributed by atoms with Crippen molar-refractivity contribution in [2.75, 3.05) is 26.9 Å². The number of carbonyl (C=O) groups excluding carboxylic acids is 2. The molecule has 31 heavy (non-hydrogen) atoms. The monoisotopic (exact) mass is 425 g/mol. The fraction of sp³-hybridized carbons (Fsp3) is 0.417. The quantitative estimate of drug-likeness (QED) is 0.666. The summed E-state index contributed by atoms with van der Waals surface area (Å²) in [5.74, 6) is 1.14. The molecule has 2 atom stereocenters. The minimum absolute atomic E-state index is 0.000637. The highest BCUT2D eigenvalue weighted by atomic mass is 16.7. The molecule has 2 aromatic carbocycles. The van der Waals surface area contributed by atoms with Crippen LogP contribution in [0.5, 0.6) is 11.5 Å². The van der Waals surface area contributed by atoms with E-state index in [1.54, 1.807) is 11.9 Å². The zero-order chi connectivity index (χ0) is 22.4. The van der Waals surface area contributed by atoms with Gasteiger partial charge in [0.15, 0.2) is 11.5 Å². The molecule has 2 amide bonds. The molecule has 1 heterocycles. The Bertz CT molecular complexity index is 903. The number of nitrogens with two attached hydrogens (primary N) is 1. The normalized spacial score (nSPS) is 14.1. The van der Waals surface area contributed by atoms with Crippen LogP contribution in [0, 0.1) is 0 Å². The van der Waals surface area contributed by atoms with Gasteiger partial charge in [-0.15, -0.1) is 0 Å². The van der Waals surface area contributed by atoms with Gasteiger partial charge in [0.05, 0.1) is 12.6 Å². The lowest BCUT2D eigenvalue weighted by Crippen LogP contribution is -2.49. The van der Waals surface area contributed by atoms with Gasteiger partial charge in [-0.1, -0.05) is 36.4 Å². The van der Waals surface area contributed by atoms with Crippen LogP contribution in [0.4, 0.5) is 0 Å². The maximum absolute atomic E-state index is 12.9. The van der Waals surface area contributed by atoms with E-state index in [9.17, 15) is 9.59 Å². The summed E-state index contributed by atoms with van der Waals surface area (Å²) in [7, 11) is 1.63. The van der Waals surface area contributed by atoms with Crippen LogP contribution in [0.2, 0.25) is 0 Å². The fourth-order valence-corrected chi connectivity index (χ4v) is 3.86. The van der Waals surface area contributed by atoms with Gasteiger partial charge in [-0.05, 0) is 49.9 Å². The van der Waals surface area contributed by atoms with E-state index in [1.165, 1.54) is 4.90 Å². The molecule has 3 rings (SSSR count). The van der Waals surface area contributed by atoms with Gasteiger partial charge >= 0.3 is 0 Å². The highest BCUT2D eigenvalue weighted by molar-refractivity contribution is 5.87. The highest BCUT2D eigenvalue weighted by Crippen LogP contribution is 2.33. The second-order valence-corrected chi connectivity index (χ2v) is 7.91. The third-order valence-electron chi connectivity index (χ3n) is 5.53. The van der Waals surface area contributed by atoms with Crippen LogP contribution in [0.3, 0.4) is 0 Å². The van der Waals surface area contributed by atoms with Crippen LogP contribution in [0.1, 0.15) is 25.0 Å². The van der Waals surface area contributed by atoms with Crippen LogP contribution in [-0.2, 0) is 22.4 Å². The van der Waals surface area contributed by atoms with Crippen molar-refractivity contribution < 1.29 is 19.1 Å². The Morgan fingerprint density at radius 1 is 1.03 bits per heavy atom. The maximum Gasteiger partial charge on any atom is 0.242 e. The summed E-state index contributed by atoms with van der Waals surface area (Å²) in [4.78, 5) is 28.8. The minimum Gasteiger partial charge on any atom is -0.454 e. The van der Waals surface area contributed by atoms with Gasteiger partial charge in [-0.3, -0.25) is 9.59 Å². The molecule has 2 aromatic rings. The second-order valence-electron chi connectivity index (χ2n) is 7.91. The number of likely N-dealkylation sites (N-methyl/N-ethyl adjacent to an activating group) is 2. The standard InChI is InChI=1S/C24H31N3O4/c1-4-27(17(2)12-19-10-11-21-22(14-19)31-16-30-21)23(28)15-26(3)24(29)20(25)13-18-8-6-5-7-9-18/h5-11,14,17,20H,4,12-13,15-16,25H2,1-3H3/t17?,20-/m0/s1. The topological polar surface area (TPSA) is 85.1 Å². The first-order valence-electron chi connectivity index (χ1n) is 10.6. The lowest BCUT2D eigenvalue weighted by molar-refractivity contribution is -0.141. The number of nitrogens with zero attached hydrogens (tertiary/aromatic N) is 2.